The molecule has 0 radical (unpaired) electrons. The van der Waals surface area contributed by atoms with Crippen molar-refractivity contribution in [2.24, 2.45) is 0 Å². The third kappa shape index (κ3) is 3.95. The molecule has 2 saturated heterocycles. The zero-order chi connectivity index (χ0) is 13.0. The van der Waals surface area contributed by atoms with E-state index in [1.165, 1.54) is 6.42 Å². The maximum atomic E-state index is 12.0. The van der Waals surface area contributed by atoms with Gasteiger partial charge in [0.2, 0.25) is 5.91 Å². The molecule has 0 aromatic rings. The molecule has 1 N–H and O–H groups in total. The van der Waals surface area contributed by atoms with Crippen molar-refractivity contribution in [3.8, 4) is 0 Å². The minimum absolute atomic E-state index is 0.265. The number of nitrogens with one attached hydrogen (secondary N) is 1. The molecular weight excluding hydrogens is 228 g/mol. The molecule has 2 aliphatic heterocycles. The maximum Gasteiger partial charge on any atom is 0.236 e. The number of piperidine rings is 1. The number of carbonyl (C=O) groups is 1. The number of carbonyl (C=O) groups excluding carboxylic acids is 1. The normalized spacial score (nSPS) is 33.4. The van der Waals surface area contributed by atoms with Gasteiger partial charge >= 0.3 is 0 Å². The van der Waals surface area contributed by atoms with E-state index in [-0.39, 0.29) is 5.91 Å². The van der Waals surface area contributed by atoms with Crippen molar-refractivity contribution < 1.29 is 9.53 Å². The van der Waals surface area contributed by atoms with Crippen LogP contribution < -0.4 is 5.32 Å². The van der Waals surface area contributed by atoms with Gasteiger partial charge in [-0.2, -0.15) is 0 Å². The fourth-order valence-electron chi connectivity index (χ4n) is 3.06. The standard InChI is InChI=1S/C14H26N2O2/c1-11-8-13(9-12(2)18-11)15-10-14(17)16-6-4-3-5-7-16/h11-13,15H,3-10H2,1-2H3. The molecule has 2 heterocycles. The molecule has 2 aliphatic rings. The Balaban J connectivity index is 1.71. The molecule has 2 unspecified atom stereocenters. The fourth-order valence-corrected chi connectivity index (χ4v) is 3.06. The molecule has 18 heavy (non-hydrogen) atoms. The van der Waals surface area contributed by atoms with Crippen LogP contribution in [0.1, 0.15) is 46.0 Å². The average molecular weight is 254 g/mol. The highest BCUT2D eigenvalue weighted by Gasteiger charge is 2.25. The van der Waals surface area contributed by atoms with Crippen LogP contribution in [0.2, 0.25) is 0 Å². The molecule has 2 fully saturated rings. The van der Waals surface area contributed by atoms with Gasteiger partial charge in [-0.25, -0.2) is 0 Å². The van der Waals surface area contributed by atoms with Crippen molar-refractivity contribution in [3.63, 3.8) is 0 Å². The van der Waals surface area contributed by atoms with Gasteiger partial charge in [-0.1, -0.05) is 0 Å². The van der Waals surface area contributed by atoms with Gasteiger partial charge in [-0.05, 0) is 46.0 Å². The summed E-state index contributed by atoms with van der Waals surface area (Å²) in [6, 6.07) is 0.428. The van der Waals surface area contributed by atoms with Crippen LogP contribution in [-0.4, -0.2) is 48.7 Å². The van der Waals surface area contributed by atoms with Crippen LogP contribution in [0.3, 0.4) is 0 Å². The minimum atomic E-state index is 0.265. The van der Waals surface area contributed by atoms with Crippen molar-refractivity contribution in [3.05, 3.63) is 0 Å². The van der Waals surface area contributed by atoms with Gasteiger partial charge in [0.25, 0.3) is 0 Å². The first-order valence-electron chi connectivity index (χ1n) is 7.32. The summed E-state index contributed by atoms with van der Waals surface area (Å²) >= 11 is 0. The fraction of sp³-hybridized carbons (Fsp3) is 0.929. The van der Waals surface area contributed by atoms with Crippen molar-refractivity contribution >= 4 is 5.91 Å². The van der Waals surface area contributed by atoms with Crippen LogP contribution in [0.15, 0.2) is 0 Å². The predicted molar refractivity (Wildman–Crippen MR) is 71.5 cm³/mol. The van der Waals surface area contributed by atoms with E-state index in [1.54, 1.807) is 0 Å². The summed E-state index contributed by atoms with van der Waals surface area (Å²) in [6.07, 6.45) is 6.22. The van der Waals surface area contributed by atoms with Crippen molar-refractivity contribution in [1.29, 1.82) is 0 Å². The van der Waals surface area contributed by atoms with Crippen LogP contribution >= 0.6 is 0 Å². The van der Waals surface area contributed by atoms with Gasteiger partial charge in [0.1, 0.15) is 0 Å². The molecule has 104 valence electrons. The van der Waals surface area contributed by atoms with E-state index in [0.717, 1.165) is 38.8 Å². The van der Waals surface area contributed by atoms with Gasteiger partial charge in [0.15, 0.2) is 0 Å². The van der Waals surface area contributed by atoms with Crippen LogP contribution in [0.25, 0.3) is 0 Å². The summed E-state index contributed by atoms with van der Waals surface area (Å²) in [4.78, 5) is 14.0. The monoisotopic (exact) mass is 254 g/mol. The quantitative estimate of drug-likeness (QED) is 0.831. The van der Waals surface area contributed by atoms with Gasteiger partial charge in [0.05, 0.1) is 18.8 Å². The van der Waals surface area contributed by atoms with Gasteiger partial charge < -0.3 is 15.0 Å². The van der Waals surface area contributed by atoms with Crippen LogP contribution in [0.5, 0.6) is 0 Å². The molecular formula is C14H26N2O2. The number of nitrogens with zero attached hydrogens (tertiary/aromatic N) is 1. The van der Waals surface area contributed by atoms with Crippen LogP contribution in [0.4, 0.5) is 0 Å². The van der Waals surface area contributed by atoms with E-state index in [9.17, 15) is 4.79 Å². The summed E-state index contributed by atoms with van der Waals surface area (Å²) in [5.74, 6) is 0.265. The van der Waals surface area contributed by atoms with Crippen molar-refractivity contribution in [2.45, 2.75) is 64.2 Å². The Labute approximate surface area is 110 Å². The molecule has 1 amide bonds. The Kier molecular flexibility index (Phi) is 5.01. The van der Waals surface area contributed by atoms with Crippen molar-refractivity contribution in [2.75, 3.05) is 19.6 Å². The Bertz CT molecular complexity index is 267. The number of ether oxygens (including phenoxy) is 1. The second-order valence-electron chi connectivity index (χ2n) is 5.75. The van der Waals surface area contributed by atoms with E-state index >= 15 is 0 Å². The third-order valence-electron chi connectivity index (χ3n) is 3.95. The van der Waals surface area contributed by atoms with Gasteiger partial charge in [-0.3, -0.25) is 4.79 Å². The lowest BCUT2D eigenvalue weighted by molar-refractivity contribution is -0.131. The first-order valence-corrected chi connectivity index (χ1v) is 7.32. The average Bonchev–Trinajstić information content (AvgIpc) is 2.36. The lowest BCUT2D eigenvalue weighted by Crippen LogP contribution is -2.47. The van der Waals surface area contributed by atoms with E-state index in [2.05, 4.69) is 19.2 Å². The Morgan fingerprint density at radius 2 is 1.78 bits per heavy atom. The molecule has 0 bridgehead atoms. The zero-order valence-electron chi connectivity index (χ0n) is 11.7. The number of amides is 1. The number of likely N-dealkylation sites (tertiary alicyclic amines) is 1. The Hall–Kier alpha value is -0.610. The molecule has 2 rings (SSSR count). The third-order valence-corrected chi connectivity index (χ3v) is 3.95. The van der Waals surface area contributed by atoms with Gasteiger partial charge in [0, 0.05) is 19.1 Å². The summed E-state index contributed by atoms with van der Waals surface area (Å²) < 4.78 is 5.70. The topological polar surface area (TPSA) is 41.6 Å². The first-order chi connectivity index (χ1) is 8.65. The molecule has 4 heteroatoms. The van der Waals surface area contributed by atoms with Crippen LogP contribution in [0, 0.1) is 0 Å². The summed E-state index contributed by atoms with van der Waals surface area (Å²) in [6.45, 7) is 6.60. The molecule has 2 atom stereocenters. The molecule has 0 aromatic heterocycles. The van der Waals surface area contributed by atoms with E-state index in [4.69, 9.17) is 4.74 Å². The van der Waals surface area contributed by atoms with E-state index < -0.39 is 0 Å². The molecule has 0 aliphatic carbocycles. The Morgan fingerprint density at radius 1 is 1.17 bits per heavy atom. The van der Waals surface area contributed by atoms with E-state index in [1.807, 2.05) is 4.90 Å². The van der Waals surface area contributed by atoms with Crippen LogP contribution in [-0.2, 0) is 9.53 Å². The summed E-state index contributed by atoms with van der Waals surface area (Å²) in [5, 5.41) is 3.41. The molecule has 4 nitrogen and oxygen atoms in total. The lowest BCUT2D eigenvalue weighted by atomic mass is 10.00. The highest BCUT2D eigenvalue weighted by atomic mass is 16.5. The van der Waals surface area contributed by atoms with E-state index in [0.29, 0.717) is 24.8 Å². The number of hydrogen-bond donors (Lipinski definition) is 1. The SMILES string of the molecule is CC1CC(NCC(=O)N2CCCCC2)CC(C)O1. The number of hydrogen-bond acceptors (Lipinski definition) is 3. The highest BCUT2D eigenvalue weighted by Crippen LogP contribution is 2.18. The summed E-state index contributed by atoms with van der Waals surface area (Å²) in [7, 11) is 0. The molecule has 0 aromatic carbocycles. The molecule has 0 saturated carbocycles. The zero-order valence-corrected chi connectivity index (χ0v) is 11.7. The predicted octanol–water partition coefficient (Wildman–Crippen LogP) is 1.54. The largest absolute Gasteiger partial charge is 0.375 e. The highest BCUT2D eigenvalue weighted by molar-refractivity contribution is 5.78. The van der Waals surface area contributed by atoms with Gasteiger partial charge in [-0.15, -0.1) is 0 Å². The second kappa shape index (κ2) is 6.53. The number of rotatable bonds is 3. The first kappa shape index (κ1) is 13.8. The minimum Gasteiger partial charge on any atom is -0.375 e. The maximum absolute atomic E-state index is 12.0. The second-order valence-corrected chi connectivity index (χ2v) is 5.75. The Morgan fingerprint density at radius 3 is 2.39 bits per heavy atom. The summed E-state index contributed by atoms with van der Waals surface area (Å²) in [5.41, 5.74) is 0. The molecule has 0 spiro atoms. The lowest BCUT2D eigenvalue weighted by Gasteiger charge is -2.33. The smallest absolute Gasteiger partial charge is 0.236 e. The van der Waals surface area contributed by atoms with Crippen molar-refractivity contribution in [1.82, 2.24) is 10.2 Å².